The monoisotopic (exact) mass is 330 g/mol. The lowest BCUT2D eigenvalue weighted by molar-refractivity contribution is -0.136. The number of hydrogen-bond acceptors (Lipinski definition) is 5. The summed E-state index contributed by atoms with van der Waals surface area (Å²) in [4.78, 5) is 11.4. The standard InChI is InChI=1S/C12H12BrFN2O3/c1-3-9(17)11(12(18)19-2)16-15-8-6-4-5-7(13)10(8)14/h4-6,17H,3H2,1-2H3/b11-9+,16-15?. The summed E-state index contributed by atoms with van der Waals surface area (Å²) >= 11 is 3.01. The molecule has 0 unspecified atom stereocenters. The van der Waals surface area contributed by atoms with Gasteiger partial charge in [-0.15, -0.1) is 10.2 Å². The van der Waals surface area contributed by atoms with Gasteiger partial charge in [-0.05, 0) is 28.1 Å². The van der Waals surface area contributed by atoms with Crippen LogP contribution < -0.4 is 0 Å². The zero-order valence-electron chi connectivity index (χ0n) is 10.4. The Hall–Kier alpha value is -1.76. The molecule has 1 aromatic carbocycles. The molecule has 102 valence electrons. The van der Waals surface area contributed by atoms with Gasteiger partial charge in [0.05, 0.1) is 11.6 Å². The summed E-state index contributed by atoms with van der Waals surface area (Å²) in [5, 5.41) is 16.7. The van der Waals surface area contributed by atoms with E-state index in [1.54, 1.807) is 13.0 Å². The van der Waals surface area contributed by atoms with Crippen LogP contribution in [0.25, 0.3) is 0 Å². The number of azo groups is 1. The van der Waals surface area contributed by atoms with Crippen molar-refractivity contribution in [3.05, 3.63) is 39.9 Å². The summed E-state index contributed by atoms with van der Waals surface area (Å²) in [7, 11) is 1.15. The van der Waals surface area contributed by atoms with Gasteiger partial charge in [-0.25, -0.2) is 9.18 Å². The molecule has 0 fully saturated rings. The van der Waals surface area contributed by atoms with E-state index in [1.807, 2.05) is 0 Å². The van der Waals surface area contributed by atoms with Crippen LogP contribution in [0.2, 0.25) is 0 Å². The smallest absolute Gasteiger partial charge is 0.362 e. The van der Waals surface area contributed by atoms with Crippen molar-refractivity contribution in [3.63, 3.8) is 0 Å². The maximum Gasteiger partial charge on any atom is 0.362 e. The van der Waals surface area contributed by atoms with E-state index in [4.69, 9.17) is 0 Å². The maximum atomic E-state index is 13.6. The summed E-state index contributed by atoms with van der Waals surface area (Å²) in [5.74, 6) is -1.71. The van der Waals surface area contributed by atoms with E-state index in [0.717, 1.165) is 7.11 Å². The van der Waals surface area contributed by atoms with Gasteiger partial charge in [-0.2, -0.15) is 0 Å². The Balaban J connectivity index is 3.13. The summed E-state index contributed by atoms with van der Waals surface area (Å²) in [6, 6.07) is 4.47. The van der Waals surface area contributed by atoms with Crippen molar-refractivity contribution >= 4 is 27.6 Å². The van der Waals surface area contributed by atoms with Crippen LogP contribution in [0.4, 0.5) is 10.1 Å². The molecule has 0 saturated carbocycles. The molecule has 0 radical (unpaired) electrons. The number of methoxy groups -OCH3 is 1. The maximum absolute atomic E-state index is 13.6. The second kappa shape index (κ2) is 6.98. The molecular formula is C12H12BrFN2O3. The van der Waals surface area contributed by atoms with Crippen molar-refractivity contribution in [3.8, 4) is 0 Å². The molecule has 5 nitrogen and oxygen atoms in total. The predicted octanol–water partition coefficient (Wildman–Crippen LogP) is 4.02. The molecule has 0 aliphatic carbocycles. The molecule has 0 saturated heterocycles. The van der Waals surface area contributed by atoms with Gasteiger partial charge in [-0.1, -0.05) is 13.0 Å². The molecule has 1 rings (SSSR count). The predicted molar refractivity (Wildman–Crippen MR) is 70.6 cm³/mol. The van der Waals surface area contributed by atoms with E-state index in [0.29, 0.717) is 0 Å². The summed E-state index contributed by atoms with van der Waals surface area (Å²) < 4.78 is 18.3. The van der Waals surface area contributed by atoms with Crippen LogP contribution in [0.5, 0.6) is 0 Å². The molecule has 7 heteroatoms. The van der Waals surface area contributed by atoms with Crippen LogP contribution >= 0.6 is 15.9 Å². The topological polar surface area (TPSA) is 71.2 Å². The van der Waals surface area contributed by atoms with Crippen molar-refractivity contribution in [2.45, 2.75) is 13.3 Å². The van der Waals surface area contributed by atoms with Crippen molar-refractivity contribution in [2.75, 3.05) is 7.11 Å². The minimum atomic E-state index is -0.835. The highest BCUT2D eigenvalue weighted by Crippen LogP contribution is 2.26. The van der Waals surface area contributed by atoms with Crippen molar-refractivity contribution in [1.82, 2.24) is 0 Å². The summed E-state index contributed by atoms with van der Waals surface area (Å²) in [5.41, 5.74) is -0.399. The zero-order chi connectivity index (χ0) is 14.4. The van der Waals surface area contributed by atoms with Gasteiger partial charge in [-0.3, -0.25) is 0 Å². The first-order chi connectivity index (χ1) is 9.01. The normalized spacial score (nSPS) is 12.4. The molecule has 0 bridgehead atoms. The number of esters is 1. The third kappa shape index (κ3) is 3.85. The highest BCUT2D eigenvalue weighted by molar-refractivity contribution is 9.10. The van der Waals surface area contributed by atoms with Gasteiger partial charge in [0, 0.05) is 6.42 Å². The van der Waals surface area contributed by atoms with E-state index in [1.165, 1.54) is 12.1 Å². The number of halogens is 2. The Morgan fingerprint density at radius 2 is 2.21 bits per heavy atom. The van der Waals surface area contributed by atoms with Gasteiger partial charge in [0.15, 0.2) is 5.82 Å². The van der Waals surface area contributed by atoms with Gasteiger partial charge in [0.1, 0.15) is 11.4 Å². The van der Waals surface area contributed by atoms with Crippen molar-refractivity contribution < 1.29 is 19.0 Å². The lowest BCUT2D eigenvalue weighted by atomic mass is 10.3. The first-order valence-electron chi connectivity index (χ1n) is 5.37. The van der Waals surface area contributed by atoms with E-state index < -0.39 is 11.8 Å². The zero-order valence-corrected chi connectivity index (χ0v) is 11.9. The van der Waals surface area contributed by atoms with E-state index in [9.17, 15) is 14.3 Å². The lowest BCUT2D eigenvalue weighted by Gasteiger charge is -2.02. The van der Waals surface area contributed by atoms with Gasteiger partial charge < -0.3 is 9.84 Å². The van der Waals surface area contributed by atoms with Crippen LogP contribution in [-0.2, 0) is 9.53 Å². The van der Waals surface area contributed by atoms with E-state index >= 15 is 0 Å². The molecule has 1 aromatic rings. The third-order valence-electron chi connectivity index (χ3n) is 2.18. The number of ether oxygens (including phenoxy) is 1. The van der Waals surface area contributed by atoms with Gasteiger partial charge in [0.25, 0.3) is 0 Å². The number of allylic oxidation sites excluding steroid dienone is 1. The molecule has 0 aromatic heterocycles. The lowest BCUT2D eigenvalue weighted by Crippen LogP contribution is -2.05. The first kappa shape index (κ1) is 15.3. The highest BCUT2D eigenvalue weighted by Gasteiger charge is 2.15. The Morgan fingerprint density at radius 3 is 2.79 bits per heavy atom. The van der Waals surface area contributed by atoms with Crippen molar-refractivity contribution in [1.29, 1.82) is 0 Å². The Kier molecular flexibility index (Phi) is 5.62. The minimum absolute atomic E-state index is 0.0559. The summed E-state index contributed by atoms with van der Waals surface area (Å²) in [6.07, 6.45) is 0.185. The number of nitrogens with zero attached hydrogens (tertiary/aromatic N) is 2. The van der Waals surface area contributed by atoms with Crippen LogP contribution in [0.15, 0.2) is 44.4 Å². The number of carbonyl (C=O) groups is 1. The second-order valence-corrected chi connectivity index (χ2v) is 4.27. The number of rotatable bonds is 4. The van der Waals surface area contributed by atoms with Crippen LogP contribution in [0.1, 0.15) is 13.3 Å². The molecule has 0 heterocycles. The van der Waals surface area contributed by atoms with E-state index in [2.05, 4.69) is 30.9 Å². The minimum Gasteiger partial charge on any atom is -0.510 e. The number of aliphatic hydroxyl groups excluding tert-OH is 1. The fraction of sp³-hybridized carbons (Fsp3) is 0.250. The Bertz CT molecular complexity index is 544. The first-order valence-corrected chi connectivity index (χ1v) is 6.16. The van der Waals surface area contributed by atoms with Gasteiger partial charge >= 0.3 is 5.97 Å². The molecule has 19 heavy (non-hydrogen) atoms. The largest absolute Gasteiger partial charge is 0.510 e. The molecule has 0 aliphatic heterocycles. The fourth-order valence-corrected chi connectivity index (χ4v) is 1.51. The van der Waals surface area contributed by atoms with Crippen LogP contribution in [-0.4, -0.2) is 18.2 Å². The van der Waals surface area contributed by atoms with Crippen molar-refractivity contribution in [2.24, 2.45) is 10.2 Å². The number of carbonyl (C=O) groups excluding carboxylic acids is 1. The number of hydrogen-bond donors (Lipinski definition) is 1. The number of benzene rings is 1. The summed E-state index contributed by atoms with van der Waals surface area (Å²) in [6.45, 7) is 1.63. The molecule has 0 amide bonds. The van der Waals surface area contributed by atoms with Crippen LogP contribution in [0, 0.1) is 5.82 Å². The highest BCUT2D eigenvalue weighted by atomic mass is 79.9. The second-order valence-electron chi connectivity index (χ2n) is 3.41. The fourth-order valence-electron chi connectivity index (χ4n) is 1.15. The quantitative estimate of drug-likeness (QED) is 0.392. The van der Waals surface area contributed by atoms with E-state index in [-0.39, 0.29) is 28.0 Å². The Labute approximate surface area is 117 Å². The molecule has 1 N–H and O–H groups in total. The Morgan fingerprint density at radius 1 is 1.53 bits per heavy atom. The SMILES string of the molecule is CC/C(O)=C(\N=Nc1cccc(Br)c1F)C(=O)OC. The molecule has 0 aliphatic rings. The molecule has 0 spiro atoms. The average Bonchev–Trinajstić information content (AvgIpc) is 2.42. The molecular weight excluding hydrogens is 319 g/mol. The van der Waals surface area contributed by atoms with Crippen LogP contribution in [0.3, 0.4) is 0 Å². The third-order valence-corrected chi connectivity index (χ3v) is 2.79. The van der Waals surface area contributed by atoms with Gasteiger partial charge in [0.2, 0.25) is 5.70 Å². The molecule has 0 atom stereocenters. The number of aliphatic hydroxyl groups is 1. The average molecular weight is 331 g/mol.